The summed E-state index contributed by atoms with van der Waals surface area (Å²) in [6, 6.07) is 17.2. The van der Waals surface area contributed by atoms with Gasteiger partial charge in [-0.25, -0.2) is 0 Å². The average Bonchev–Trinajstić information content (AvgIpc) is 3.45. The Morgan fingerprint density at radius 3 is 2.54 bits per heavy atom. The van der Waals surface area contributed by atoms with Gasteiger partial charge in [0.2, 0.25) is 5.91 Å². The lowest BCUT2D eigenvalue weighted by molar-refractivity contribution is -0.135. The van der Waals surface area contributed by atoms with E-state index in [2.05, 4.69) is 26.0 Å². The minimum absolute atomic E-state index is 0.0202. The van der Waals surface area contributed by atoms with Crippen LogP contribution < -0.4 is 4.18 Å². The zero-order valence-electron chi connectivity index (χ0n) is 16.5. The molecule has 0 spiro atoms. The first-order valence-electron chi connectivity index (χ1n) is 9.62. The van der Waals surface area contributed by atoms with E-state index in [0.717, 1.165) is 24.7 Å². The van der Waals surface area contributed by atoms with Crippen molar-refractivity contribution in [1.29, 1.82) is 0 Å². The van der Waals surface area contributed by atoms with Crippen LogP contribution in [0.15, 0.2) is 54.6 Å². The van der Waals surface area contributed by atoms with Crippen LogP contribution in [0.1, 0.15) is 43.7 Å². The van der Waals surface area contributed by atoms with Crippen molar-refractivity contribution in [3.63, 3.8) is 0 Å². The predicted molar refractivity (Wildman–Crippen MR) is 110 cm³/mol. The van der Waals surface area contributed by atoms with Crippen LogP contribution >= 0.6 is 0 Å². The van der Waals surface area contributed by atoms with E-state index in [1.165, 1.54) is 5.56 Å². The zero-order valence-corrected chi connectivity index (χ0v) is 17.4. The fourth-order valence-electron chi connectivity index (χ4n) is 3.49. The minimum atomic E-state index is -3.58. The topological polar surface area (TPSA) is 63.7 Å². The maximum absolute atomic E-state index is 13.2. The van der Waals surface area contributed by atoms with E-state index in [0.29, 0.717) is 12.5 Å². The van der Waals surface area contributed by atoms with Crippen LogP contribution in [0, 0.1) is 5.92 Å². The third kappa shape index (κ3) is 5.13. The summed E-state index contributed by atoms with van der Waals surface area (Å²) >= 11 is 0. The third-order valence-corrected chi connectivity index (χ3v) is 5.74. The molecule has 2 aromatic carbocycles. The van der Waals surface area contributed by atoms with Gasteiger partial charge in [-0.3, -0.25) is 4.79 Å². The van der Waals surface area contributed by atoms with Crippen LogP contribution in [0.25, 0.3) is 0 Å². The molecule has 0 radical (unpaired) electrons. The lowest BCUT2D eigenvalue weighted by atomic mass is 10.1. The van der Waals surface area contributed by atoms with Gasteiger partial charge in [-0.1, -0.05) is 49.4 Å². The van der Waals surface area contributed by atoms with E-state index >= 15 is 0 Å². The van der Waals surface area contributed by atoms with Gasteiger partial charge in [0.15, 0.2) is 0 Å². The van der Waals surface area contributed by atoms with Gasteiger partial charge >= 0.3 is 10.1 Å². The Morgan fingerprint density at radius 1 is 1.18 bits per heavy atom. The van der Waals surface area contributed by atoms with E-state index in [4.69, 9.17) is 4.18 Å². The molecule has 1 saturated carbocycles. The summed E-state index contributed by atoms with van der Waals surface area (Å²) in [5, 5.41) is 0. The molecule has 150 valence electrons. The summed E-state index contributed by atoms with van der Waals surface area (Å²) < 4.78 is 27.7. The molecule has 0 aromatic heterocycles. The van der Waals surface area contributed by atoms with Crippen molar-refractivity contribution < 1.29 is 17.4 Å². The number of hydrogen-bond donors (Lipinski definition) is 0. The second-order valence-corrected chi connectivity index (χ2v) is 9.09. The Bertz CT molecular complexity index is 927. The van der Waals surface area contributed by atoms with Crippen molar-refractivity contribution >= 4 is 16.0 Å². The van der Waals surface area contributed by atoms with Crippen molar-refractivity contribution in [3.05, 3.63) is 65.7 Å². The highest BCUT2D eigenvalue weighted by Crippen LogP contribution is 2.48. The highest BCUT2D eigenvalue weighted by atomic mass is 32.2. The summed E-state index contributed by atoms with van der Waals surface area (Å²) in [5.41, 5.74) is 2.07. The number of carbonyl (C=O) groups is 1. The Balaban J connectivity index is 1.75. The maximum atomic E-state index is 13.2. The number of amides is 1. The number of nitrogens with zero attached hydrogens (tertiary/aromatic N) is 1. The summed E-state index contributed by atoms with van der Waals surface area (Å²) in [6.45, 7) is 4.55. The number of hydrogen-bond acceptors (Lipinski definition) is 4. The van der Waals surface area contributed by atoms with E-state index < -0.39 is 10.1 Å². The van der Waals surface area contributed by atoms with Crippen LogP contribution in [-0.2, 0) is 21.5 Å². The molecule has 0 heterocycles. The third-order valence-electron chi connectivity index (χ3n) is 5.24. The van der Waals surface area contributed by atoms with Crippen LogP contribution in [0.5, 0.6) is 5.75 Å². The molecule has 6 heteroatoms. The molecule has 28 heavy (non-hydrogen) atoms. The van der Waals surface area contributed by atoms with Gasteiger partial charge in [-0.05, 0) is 48.9 Å². The van der Waals surface area contributed by atoms with E-state index in [1.54, 1.807) is 18.2 Å². The molecule has 2 aromatic rings. The van der Waals surface area contributed by atoms with Gasteiger partial charge in [0.05, 0.1) is 6.26 Å². The van der Waals surface area contributed by atoms with Crippen molar-refractivity contribution in [2.24, 2.45) is 5.92 Å². The fraction of sp³-hybridized carbons (Fsp3) is 0.409. The summed E-state index contributed by atoms with van der Waals surface area (Å²) in [6.07, 6.45) is 2.76. The van der Waals surface area contributed by atoms with Crippen molar-refractivity contribution in [1.82, 2.24) is 4.90 Å². The molecule has 0 N–H and O–H groups in total. The van der Waals surface area contributed by atoms with Crippen LogP contribution in [0.4, 0.5) is 0 Å². The zero-order chi connectivity index (χ0) is 20.3. The predicted octanol–water partition coefficient (Wildman–Crippen LogP) is 3.96. The molecule has 1 aliphatic rings. The summed E-state index contributed by atoms with van der Waals surface area (Å²) in [5.74, 6) is 0.745. The largest absolute Gasteiger partial charge is 0.383 e. The second kappa shape index (κ2) is 8.35. The van der Waals surface area contributed by atoms with Gasteiger partial charge in [0.25, 0.3) is 0 Å². The molecule has 5 nitrogen and oxygen atoms in total. The van der Waals surface area contributed by atoms with Gasteiger partial charge in [0, 0.05) is 18.5 Å². The second-order valence-electron chi connectivity index (χ2n) is 7.52. The molecule has 1 amide bonds. The number of rotatable bonds is 8. The quantitative estimate of drug-likeness (QED) is 0.628. The smallest absolute Gasteiger partial charge is 0.306 e. The molecule has 0 aliphatic heterocycles. The lowest BCUT2D eigenvalue weighted by Crippen LogP contribution is -2.39. The fourth-order valence-corrected chi connectivity index (χ4v) is 3.94. The Morgan fingerprint density at radius 2 is 1.89 bits per heavy atom. The normalized spacial score (nSPS) is 19.7. The van der Waals surface area contributed by atoms with E-state index in [1.807, 2.05) is 29.2 Å². The van der Waals surface area contributed by atoms with Crippen LogP contribution in [-0.4, -0.2) is 31.5 Å². The van der Waals surface area contributed by atoms with Gasteiger partial charge in [0.1, 0.15) is 5.75 Å². The Kier molecular flexibility index (Phi) is 6.08. The highest BCUT2D eigenvalue weighted by Gasteiger charge is 2.46. The SMILES string of the molecule is CC[C@H](C)N(Cc1cccc(OS(C)(=O)=O)c1)C(=O)[C@@H]1C[C@H]1c1ccccc1. The maximum Gasteiger partial charge on any atom is 0.306 e. The first-order valence-corrected chi connectivity index (χ1v) is 11.4. The summed E-state index contributed by atoms with van der Waals surface area (Å²) in [7, 11) is -3.58. The summed E-state index contributed by atoms with van der Waals surface area (Å²) in [4.78, 5) is 15.1. The molecule has 3 atom stereocenters. The first-order chi connectivity index (χ1) is 13.3. The first kappa shape index (κ1) is 20.4. The van der Waals surface area contributed by atoms with Gasteiger partial charge in [-0.15, -0.1) is 0 Å². The van der Waals surface area contributed by atoms with Crippen molar-refractivity contribution in [3.8, 4) is 5.75 Å². The molecule has 0 saturated heterocycles. The van der Waals surface area contributed by atoms with Gasteiger partial charge in [-0.2, -0.15) is 8.42 Å². The Labute approximate surface area is 167 Å². The van der Waals surface area contributed by atoms with Gasteiger partial charge < -0.3 is 9.08 Å². The molecule has 0 bridgehead atoms. The Hall–Kier alpha value is -2.34. The molecule has 1 aliphatic carbocycles. The highest BCUT2D eigenvalue weighted by molar-refractivity contribution is 7.86. The standard InChI is InChI=1S/C22H27NO4S/c1-4-16(2)23(15-17-9-8-12-19(13-17)27-28(3,25)26)22(24)21-14-20(21)18-10-6-5-7-11-18/h5-13,16,20-21H,4,14-15H2,1-3H3/t16-,20-,21+/m0/s1. The van der Waals surface area contributed by atoms with Crippen molar-refractivity contribution in [2.45, 2.75) is 45.2 Å². The number of benzene rings is 2. The molecular formula is C22H27NO4S. The van der Waals surface area contributed by atoms with Crippen molar-refractivity contribution in [2.75, 3.05) is 6.26 Å². The lowest BCUT2D eigenvalue weighted by Gasteiger charge is -2.29. The monoisotopic (exact) mass is 401 g/mol. The minimum Gasteiger partial charge on any atom is -0.383 e. The number of carbonyl (C=O) groups excluding carboxylic acids is 1. The molecule has 1 fully saturated rings. The average molecular weight is 402 g/mol. The van der Waals surface area contributed by atoms with E-state index in [9.17, 15) is 13.2 Å². The molecule has 3 rings (SSSR count). The van der Waals surface area contributed by atoms with Crippen LogP contribution in [0.3, 0.4) is 0 Å². The molecule has 0 unspecified atom stereocenters. The van der Waals surface area contributed by atoms with Crippen LogP contribution in [0.2, 0.25) is 0 Å². The molecular weight excluding hydrogens is 374 g/mol. The van der Waals surface area contributed by atoms with E-state index in [-0.39, 0.29) is 23.6 Å².